The van der Waals surface area contributed by atoms with Gasteiger partial charge in [-0.1, -0.05) is 31.2 Å². The van der Waals surface area contributed by atoms with Crippen molar-refractivity contribution in [2.45, 2.75) is 51.7 Å². The lowest BCUT2D eigenvalue weighted by Gasteiger charge is -2.44. The Labute approximate surface area is 142 Å². The van der Waals surface area contributed by atoms with Gasteiger partial charge in [0.25, 0.3) is 0 Å². The molecule has 4 heteroatoms. The number of Topliss-reactive ketones (excluding diaryl/α,β-unsaturated/α-hetero) is 2. The molecule has 0 bridgehead atoms. The number of carbonyl (C=O) groups is 2. The zero-order chi connectivity index (χ0) is 18.0. The van der Waals surface area contributed by atoms with Gasteiger partial charge >= 0.3 is 0 Å². The molecule has 0 amide bonds. The van der Waals surface area contributed by atoms with E-state index in [0.29, 0.717) is 17.6 Å². The molecule has 6 unspecified atom stereocenters. The van der Waals surface area contributed by atoms with Crippen molar-refractivity contribution in [3.8, 4) is 0 Å². The van der Waals surface area contributed by atoms with Crippen LogP contribution in [-0.2, 0) is 9.59 Å². The summed E-state index contributed by atoms with van der Waals surface area (Å²) in [6.07, 6.45) is 0.593. The number of hydrogen-bond donors (Lipinski definition) is 2. The fourth-order valence-corrected chi connectivity index (χ4v) is 4.86. The van der Waals surface area contributed by atoms with Crippen molar-refractivity contribution >= 4 is 11.6 Å². The average molecular weight is 330 g/mol. The molecule has 0 radical (unpaired) electrons. The van der Waals surface area contributed by atoms with E-state index in [4.69, 9.17) is 0 Å². The SMILES string of the molecule is C=C(C)C1CCC(=C)C2C3=C(CC(C)C3=O)C(=O)C(C)(O)C(O)C12. The molecule has 3 rings (SSSR count). The van der Waals surface area contributed by atoms with Crippen LogP contribution in [0.15, 0.2) is 35.5 Å². The summed E-state index contributed by atoms with van der Waals surface area (Å²) in [5.74, 6) is -1.67. The van der Waals surface area contributed by atoms with Gasteiger partial charge in [-0.3, -0.25) is 9.59 Å². The first-order valence-corrected chi connectivity index (χ1v) is 8.64. The summed E-state index contributed by atoms with van der Waals surface area (Å²) in [5.41, 5.74) is 0.771. The zero-order valence-corrected chi connectivity index (χ0v) is 14.6. The van der Waals surface area contributed by atoms with Crippen LogP contribution < -0.4 is 0 Å². The molecule has 24 heavy (non-hydrogen) atoms. The molecule has 3 aliphatic rings. The average Bonchev–Trinajstić information content (AvgIpc) is 2.77. The summed E-state index contributed by atoms with van der Waals surface area (Å²) in [5, 5.41) is 21.8. The Bertz CT molecular complexity index is 682. The van der Waals surface area contributed by atoms with Gasteiger partial charge in [-0.15, -0.1) is 0 Å². The molecule has 1 fully saturated rings. The largest absolute Gasteiger partial charge is 0.389 e. The lowest BCUT2D eigenvalue weighted by Crippen LogP contribution is -2.53. The number of aliphatic hydroxyl groups is 2. The molecule has 2 N–H and O–H groups in total. The molecule has 0 spiro atoms. The second kappa shape index (κ2) is 5.50. The van der Waals surface area contributed by atoms with Crippen molar-refractivity contribution < 1.29 is 19.8 Å². The smallest absolute Gasteiger partial charge is 0.193 e. The zero-order valence-electron chi connectivity index (χ0n) is 14.6. The normalized spacial score (nSPS) is 42.7. The lowest BCUT2D eigenvalue weighted by molar-refractivity contribution is -0.151. The minimum absolute atomic E-state index is 0.0400. The Kier molecular flexibility index (Phi) is 3.97. The van der Waals surface area contributed by atoms with Gasteiger partial charge in [0.15, 0.2) is 17.2 Å². The van der Waals surface area contributed by atoms with Gasteiger partial charge in [-0.25, -0.2) is 0 Å². The maximum atomic E-state index is 12.9. The number of allylic oxidation sites excluding steroid dienone is 3. The molecule has 0 saturated heterocycles. The number of fused-ring (bicyclic) bond motifs is 2. The van der Waals surface area contributed by atoms with Crippen molar-refractivity contribution in [2.24, 2.45) is 23.7 Å². The third kappa shape index (κ3) is 2.20. The molecule has 0 aromatic heterocycles. The highest BCUT2D eigenvalue weighted by atomic mass is 16.3. The van der Waals surface area contributed by atoms with E-state index in [-0.39, 0.29) is 23.5 Å². The molecule has 3 aliphatic carbocycles. The van der Waals surface area contributed by atoms with Gasteiger partial charge in [0.1, 0.15) is 0 Å². The van der Waals surface area contributed by atoms with E-state index in [0.717, 1.165) is 24.0 Å². The molecule has 0 aromatic rings. The Hall–Kier alpha value is -1.52. The summed E-state index contributed by atoms with van der Waals surface area (Å²) in [7, 11) is 0. The van der Waals surface area contributed by atoms with Crippen LogP contribution in [0.2, 0.25) is 0 Å². The van der Waals surface area contributed by atoms with E-state index in [1.54, 1.807) is 0 Å². The molecular formula is C20H26O4. The maximum Gasteiger partial charge on any atom is 0.193 e. The van der Waals surface area contributed by atoms with E-state index < -0.39 is 23.4 Å². The first kappa shape index (κ1) is 17.3. The van der Waals surface area contributed by atoms with Gasteiger partial charge in [0.05, 0.1) is 6.10 Å². The van der Waals surface area contributed by atoms with Crippen LogP contribution in [0.1, 0.15) is 40.0 Å². The number of rotatable bonds is 1. The number of carbonyl (C=O) groups excluding carboxylic acids is 2. The Morgan fingerprint density at radius 2 is 1.96 bits per heavy atom. The minimum atomic E-state index is -1.89. The van der Waals surface area contributed by atoms with Gasteiger partial charge in [0.2, 0.25) is 0 Å². The van der Waals surface area contributed by atoms with Gasteiger partial charge in [0, 0.05) is 28.9 Å². The Morgan fingerprint density at radius 1 is 1.33 bits per heavy atom. The fourth-order valence-electron chi connectivity index (χ4n) is 4.86. The van der Waals surface area contributed by atoms with Crippen LogP contribution in [0.4, 0.5) is 0 Å². The first-order valence-electron chi connectivity index (χ1n) is 8.64. The molecule has 130 valence electrons. The Balaban J connectivity index is 2.25. The van der Waals surface area contributed by atoms with Gasteiger partial charge in [-0.05, 0) is 39.0 Å². The second-order valence-corrected chi connectivity index (χ2v) is 7.99. The van der Waals surface area contributed by atoms with E-state index in [9.17, 15) is 19.8 Å². The number of aliphatic hydroxyl groups excluding tert-OH is 1. The van der Waals surface area contributed by atoms with Crippen LogP contribution in [0.5, 0.6) is 0 Å². The maximum absolute atomic E-state index is 12.9. The van der Waals surface area contributed by atoms with E-state index in [1.807, 2.05) is 13.8 Å². The molecule has 0 aromatic carbocycles. The lowest BCUT2D eigenvalue weighted by atomic mass is 9.61. The van der Waals surface area contributed by atoms with E-state index >= 15 is 0 Å². The summed E-state index contributed by atoms with van der Waals surface area (Å²) in [6, 6.07) is 0. The third-order valence-corrected chi connectivity index (χ3v) is 6.23. The summed E-state index contributed by atoms with van der Waals surface area (Å²) < 4.78 is 0. The van der Waals surface area contributed by atoms with Crippen molar-refractivity contribution in [2.75, 3.05) is 0 Å². The van der Waals surface area contributed by atoms with Gasteiger partial charge < -0.3 is 10.2 Å². The highest BCUT2D eigenvalue weighted by Crippen LogP contribution is 2.53. The first-order chi connectivity index (χ1) is 11.1. The predicted octanol–water partition coefficient (Wildman–Crippen LogP) is 2.36. The van der Waals surface area contributed by atoms with Crippen LogP contribution in [0, 0.1) is 23.7 Å². The van der Waals surface area contributed by atoms with Crippen LogP contribution in [0.3, 0.4) is 0 Å². The van der Waals surface area contributed by atoms with Crippen LogP contribution in [0.25, 0.3) is 0 Å². The van der Waals surface area contributed by atoms with Crippen molar-refractivity contribution in [3.05, 3.63) is 35.5 Å². The van der Waals surface area contributed by atoms with E-state index in [2.05, 4.69) is 13.2 Å². The summed E-state index contributed by atoms with van der Waals surface area (Å²) >= 11 is 0. The highest BCUT2D eigenvalue weighted by molar-refractivity contribution is 6.14. The standard InChI is InChI=1S/C20H26O4/c1-9(2)12-7-6-10(3)14-15-13(8-11(4)17(15)21)18(22)20(5,24)19(23)16(12)14/h11-12,14,16,19,23-24H,1,3,6-8H2,2,4-5H3. The predicted molar refractivity (Wildman–Crippen MR) is 91.1 cm³/mol. The van der Waals surface area contributed by atoms with Gasteiger partial charge in [-0.2, -0.15) is 0 Å². The highest BCUT2D eigenvalue weighted by Gasteiger charge is 2.57. The minimum Gasteiger partial charge on any atom is -0.389 e. The monoisotopic (exact) mass is 330 g/mol. The topological polar surface area (TPSA) is 74.6 Å². The summed E-state index contributed by atoms with van der Waals surface area (Å²) in [6.45, 7) is 13.3. The summed E-state index contributed by atoms with van der Waals surface area (Å²) in [4.78, 5) is 25.7. The number of hydrogen-bond acceptors (Lipinski definition) is 4. The molecule has 4 nitrogen and oxygen atoms in total. The molecule has 0 heterocycles. The van der Waals surface area contributed by atoms with Crippen LogP contribution >= 0.6 is 0 Å². The van der Waals surface area contributed by atoms with Crippen molar-refractivity contribution in [1.82, 2.24) is 0 Å². The quantitative estimate of drug-likeness (QED) is 0.724. The van der Waals surface area contributed by atoms with E-state index in [1.165, 1.54) is 6.92 Å². The Morgan fingerprint density at radius 3 is 2.54 bits per heavy atom. The molecular weight excluding hydrogens is 304 g/mol. The molecule has 0 aliphatic heterocycles. The third-order valence-electron chi connectivity index (χ3n) is 6.23. The van der Waals surface area contributed by atoms with Crippen LogP contribution in [-0.4, -0.2) is 33.5 Å². The molecule has 6 atom stereocenters. The molecule has 1 saturated carbocycles. The van der Waals surface area contributed by atoms with Crippen molar-refractivity contribution in [3.63, 3.8) is 0 Å². The fraction of sp³-hybridized carbons (Fsp3) is 0.600. The van der Waals surface area contributed by atoms with Crippen molar-refractivity contribution in [1.29, 1.82) is 0 Å². The second-order valence-electron chi connectivity index (χ2n) is 7.99. The number of ketones is 2.